The van der Waals surface area contributed by atoms with Crippen molar-refractivity contribution >= 4 is 34.6 Å². The third-order valence-corrected chi connectivity index (χ3v) is 3.18. The van der Waals surface area contributed by atoms with Gasteiger partial charge in [0.1, 0.15) is 5.75 Å². The van der Waals surface area contributed by atoms with E-state index in [0.29, 0.717) is 16.4 Å². The third kappa shape index (κ3) is 3.38. The summed E-state index contributed by atoms with van der Waals surface area (Å²) in [5.74, 6) is 0.220. The minimum Gasteiger partial charge on any atom is -0.497 e. The first-order valence-electron chi connectivity index (χ1n) is 6.13. The Balaban J connectivity index is 2.39. The van der Waals surface area contributed by atoms with Crippen LogP contribution in [-0.4, -0.2) is 20.2 Å². The predicted octanol–water partition coefficient (Wildman–Crippen LogP) is 3.46. The van der Waals surface area contributed by atoms with Gasteiger partial charge < -0.3 is 20.5 Å². The van der Waals surface area contributed by atoms with E-state index in [9.17, 15) is 4.79 Å². The molecule has 0 heterocycles. The number of nitrogens with one attached hydrogen (secondary N) is 1. The smallest absolute Gasteiger partial charge is 0.340 e. The number of ether oxygens (including phenoxy) is 2. The number of carbonyl (C=O) groups excluding carboxylic acids is 1. The van der Waals surface area contributed by atoms with Crippen LogP contribution in [0, 0.1) is 0 Å². The van der Waals surface area contributed by atoms with Crippen molar-refractivity contribution in [1.29, 1.82) is 0 Å². The molecule has 0 spiro atoms. The quantitative estimate of drug-likeness (QED) is 0.668. The van der Waals surface area contributed by atoms with Crippen molar-refractivity contribution in [1.82, 2.24) is 0 Å². The van der Waals surface area contributed by atoms with Crippen molar-refractivity contribution in [3.05, 3.63) is 47.0 Å². The Morgan fingerprint density at radius 3 is 2.43 bits per heavy atom. The summed E-state index contributed by atoms with van der Waals surface area (Å²) in [6, 6.07) is 10.3. The number of halogens is 1. The summed E-state index contributed by atoms with van der Waals surface area (Å²) >= 11 is 6.17. The Labute approximate surface area is 127 Å². The topological polar surface area (TPSA) is 73.6 Å². The molecule has 0 aliphatic carbocycles. The minimum atomic E-state index is -0.514. The van der Waals surface area contributed by atoms with Crippen molar-refractivity contribution in [2.75, 3.05) is 25.3 Å². The lowest BCUT2D eigenvalue weighted by Crippen LogP contribution is -2.07. The van der Waals surface area contributed by atoms with E-state index in [2.05, 4.69) is 5.32 Å². The number of hydrogen-bond donors (Lipinski definition) is 2. The van der Waals surface area contributed by atoms with Crippen molar-refractivity contribution in [2.24, 2.45) is 0 Å². The molecule has 0 amide bonds. The normalized spacial score (nSPS) is 10.0. The van der Waals surface area contributed by atoms with E-state index in [-0.39, 0.29) is 5.56 Å². The van der Waals surface area contributed by atoms with E-state index in [1.54, 1.807) is 25.3 Å². The van der Waals surface area contributed by atoms with Gasteiger partial charge in [-0.3, -0.25) is 0 Å². The van der Waals surface area contributed by atoms with Gasteiger partial charge in [0, 0.05) is 11.4 Å². The fourth-order valence-electron chi connectivity index (χ4n) is 1.84. The maximum Gasteiger partial charge on any atom is 0.340 e. The average molecular weight is 307 g/mol. The second-order valence-electron chi connectivity index (χ2n) is 4.27. The number of benzene rings is 2. The van der Waals surface area contributed by atoms with Crippen LogP contribution in [-0.2, 0) is 4.74 Å². The zero-order valence-corrected chi connectivity index (χ0v) is 12.4. The second-order valence-corrected chi connectivity index (χ2v) is 4.68. The Morgan fingerprint density at radius 1 is 1.19 bits per heavy atom. The van der Waals surface area contributed by atoms with E-state index in [1.165, 1.54) is 13.2 Å². The predicted molar refractivity (Wildman–Crippen MR) is 83.5 cm³/mol. The van der Waals surface area contributed by atoms with Crippen LogP contribution >= 0.6 is 11.6 Å². The van der Waals surface area contributed by atoms with Crippen molar-refractivity contribution in [2.45, 2.75) is 0 Å². The van der Waals surface area contributed by atoms with Gasteiger partial charge in [0.05, 0.1) is 30.5 Å². The van der Waals surface area contributed by atoms with Gasteiger partial charge in [-0.15, -0.1) is 0 Å². The van der Waals surface area contributed by atoms with Gasteiger partial charge >= 0.3 is 5.97 Å². The molecule has 110 valence electrons. The van der Waals surface area contributed by atoms with Crippen LogP contribution in [0.3, 0.4) is 0 Å². The second kappa shape index (κ2) is 6.37. The molecular formula is C15H15ClN2O3. The largest absolute Gasteiger partial charge is 0.497 e. The number of methoxy groups -OCH3 is 2. The highest BCUT2D eigenvalue weighted by atomic mass is 35.5. The molecule has 0 saturated carbocycles. The number of hydrogen-bond acceptors (Lipinski definition) is 5. The summed E-state index contributed by atoms with van der Waals surface area (Å²) in [5.41, 5.74) is 7.59. The molecule has 3 N–H and O–H groups in total. The Kier molecular flexibility index (Phi) is 4.55. The summed E-state index contributed by atoms with van der Waals surface area (Å²) in [4.78, 5) is 11.8. The maximum absolute atomic E-state index is 11.8. The third-order valence-electron chi connectivity index (χ3n) is 2.88. The van der Waals surface area contributed by atoms with Crippen LogP contribution < -0.4 is 15.8 Å². The summed E-state index contributed by atoms with van der Waals surface area (Å²) in [6.45, 7) is 0. The fraction of sp³-hybridized carbons (Fsp3) is 0.133. The first-order chi connectivity index (χ1) is 10.0. The maximum atomic E-state index is 11.8. The zero-order valence-electron chi connectivity index (χ0n) is 11.6. The van der Waals surface area contributed by atoms with Crippen molar-refractivity contribution in [3.8, 4) is 5.75 Å². The number of anilines is 3. The Bertz CT molecular complexity index is 657. The number of esters is 1. The molecule has 0 saturated heterocycles. The van der Waals surface area contributed by atoms with Crippen LogP contribution in [0.1, 0.15) is 10.4 Å². The molecule has 2 aromatic rings. The fourth-order valence-corrected chi connectivity index (χ4v) is 2.12. The van der Waals surface area contributed by atoms with Crippen LogP contribution in [0.2, 0.25) is 5.02 Å². The van der Waals surface area contributed by atoms with E-state index in [0.717, 1.165) is 11.4 Å². The lowest BCUT2D eigenvalue weighted by Gasteiger charge is -2.14. The molecule has 0 bridgehead atoms. The van der Waals surface area contributed by atoms with Gasteiger partial charge in [0.2, 0.25) is 0 Å². The van der Waals surface area contributed by atoms with Gasteiger partial charge in [-0.1, -0.05) is 11.6 Å². The highest BCUT2D eigenvalue weighted by Gasteiger charge is 2.16. The minimum absolute atomic E-state index is 0.276. The monoisotopic (exact) mass is 306 g/mol. The molecule has 0 aromatic heterocycles. The highest BCUT2D eigenvalue weighted by molar-refractivity contribution is 6.34. The summed E-state index contributed by atoms with van der Waals surface area (Å²) in [6.07, 6.45) is 0. The standard InChI is InChI=1S/C15H15ClN2O3/c1-20-11-5-3-10(4-6-11)18-14-12(15(19)21-2)7-9(17)8-13(14)16/h3-8,18H,17H2,1-2H3. The van der Waals surface area contributed by atoms with Gasteiger partial charge in [0.25, 0.3) is 0 Å². The number of nitrogen functional groups attached to an aromatic ring is 1. The van der Waals surface area contributed by atoms with Crippen LogP contribution in [0.15, 0.2) is 36.4 Å². The molecule has 2 rings (SSSR count). The molecule has 0 unspecified atom stereocenters. The van der Waals surface area contributed by atoms with E-state index < -0.39 is 5.97 Å². The van der Waals surface area contributed by atoms with Crippen molar-refractivity contribution < 1.29 is 14.3 Å². The highest BCUT2D eigenvalue weighted by Crippen LogP contribution is 2.32. The first-order valence-corrected chi connectivity index (χ1v) is 6.51. The number of rotatable bonds is 4. The summed E-state index contributed by atoms with van der Waals surface area (Å²) in [5, 5.41) is 3.43. The van der Waals surface area contributed by atoms with Crippen LogP contribution in [0.4, 0.5) is 17.1 Å². The van der Waals surface area contributed by atoms with Crippen molar-refractivity contribution in [3.63, 3.8) is 0 Å². The van der Waals surface area contributed by atoms with Gasteiger partial charge in [-0.05, 0) is 36.4 Å². The van der Waals surface area contributed by atoms with Crippen LogP contribution in [0.5, 0.6) is 5.75 Å². The van der Waals surface area contributed by atoms with Gasteiger partial charge in [-0.2, -0.15) is 0 Å². The number of carbonyl (C=O) groups is 1. The van der Waals surface area contributed by atoms with E-state index >= 15 is 0 Å². The summed E-state index contributed by atoms with van der Waals surface area (Å²) < 4.78 is 9.84. The van der Waals surface area contributed by atoms with Gasteiger partial charge in [-0.25, -0.2) is 4.79 Å². The zero-order chi connectivity index (χ0) is 15.4. The Hall–Kier alpha value is -2.40. The Morgan fingerprint density at radius 2 is 1.86 bits per heavy atom. The molecule has 0 aliphatic rings. The number of nitrogens with two attached hydrogens (primary N) is 1. The average Bonchev–Trinajstić information content (AvgIpc) is 2.49. The SMILES string of the molecule is COC(=O)c1cc(N)cc(Cl)c1Nc1ccc(OC)cc1. The molecule has 0 aliphatic heterocycles. The molecular weight excluding hydrogens is 292 g/mol. The molecule has 0 fully saturated rings. The van der Waals surface area contributed by atoms with Crippen LogP contribution in [0.25, 0.3) is 0 Å². The van der Waals surface area contributed by atoms with E-state index in [4.69, 9.17) is 26.8 Å². The molecule has 5 nitrogen and oxygen atoms in total. The lowest BCUT2D eigenvalue weighted by molar-refractivity contribution is 0.0602. The molecule has 21 heavy (non-hydrogen) atoms. The molecule has 2 aromatic carbocycles. The first kappa shape index (κ1) is 15.0. The molecule has 0 radical (unpaired) electrons. The van der Waals surface area contributed by atoms with Gasteiger partial charge in [0.15, 0.2) is 0 Å². The molecule has 0 atom stereocenters. The molecule has 6 heteroatoms. The van der Waals surface area contributed by atoms with E-state index in [1.807, 2.05) is 12.1 Å². The summed E-state index contributed by atoms with van der Waals surface area (Å²) in [7, 11) is 2.89. The lowest BCUT2D eigenvalue weighted by atomic mass is 10.1.